The summed E-state index contributed by atoms with van der Waals surface area (Å²) in [4.78, 5) is 8.70. The Morgan fingerprint density at radius 2 is 1.33 bits per heavy atom. The lowest BCUT2D eigenvalue weighted by Crippen LogP contribution is -1.87. The molecule has 0 saturated carbocycles. The predicted molar refractivity (Wildman–Crippen MR) is 114 cm³/mol. The van der Waals surface area contributed by atoms with Crippen molar-refractivity contribution in [1.29, 1.82) is 0 Å². The lowest BCUT2D eigenvalue weighted by molar-refractivity contribution is 1.35. The first-order chi connectivity index (χ1) is 13.3. The summed E-state index contributed by atoms with van der Waals surface area (Å²) in [6.45, 7) is 2.14. The Morgan fingerprint density at radius 1 is 0.556 bits per heavy atom. The van der Waals surface area contributed by atoms with Crippen LogP contribution < -0.4 is 0 Å². The van der Waals surface area contributed by atoms with Gasteiger partial charge in [-0.25, -0.2) is 0 Å². The van der Waals surface area contributed by atoms with E-state index in [2.05, 4.69) is 65.4 Å². The summed E-state index contributed by atoms with van der Waals surface area (Å²) in [7, 11) is 0. The minimum Gasteiger partial charge on any atom is -0.256 e. The van der Waals surface area contributed by atoms with Crippen LogP contribution in [0.25, 0.3) is 32.9 Å². The highest BCUT2D eigenvalue weighted by Gasteiger charge is 2.05. The largest absolute Gasteiger partial charge is 0.256 e. The molecule has 0 N–H and O–H groups in total. The molecule has 0 bridgehead atoms. The molecule has 130 valence electrons. The zero-order chi connectivity index (χ0) is 18.5. The molecule has 0 saturated heterocycles. The number of hydrogen-bond donors (Lipinski definition) is 0. The molecule has 0 amide bonds. The average Bonchev–Trinajstić information content (AvgIpc) is 2.75. The van der Waals surface area contributed by atoms with Crippen LogP contribution in [0.3, 0.4) is 0 Å². The summed E-state index contributed by atoms with van der Waals surface area (Å²) in [6, 6.07) is 30.9. The van der Waals surface area contributed by atoms with E-state index in [0.717, 1.165) is 11.2 Å². The van der Waals surface area contributed by atoms with Crippen molar-refractivity contribution >= 4 is 21.7 Å². The monoisotopic (exact) mass is 348 g/mol. The van der Waals surface area contributed by atoms with Crippen molar-refractivity contribution in [2.24, 2.45) is 0 Å². The molecule has 0 spiro atoms. The lowest BCUT2D eigenvalue weighted by Gasteiger charge is -2.07. The molecule has 2 aromatic heterocycles. The van der Waals surface area contributed by atoms with Crippen molar-refractivity contribution in [2.45, 2.75) is 6.92 Å². The van der Waals surface area contributed by atoms with Crippen molar-refractivity contribution in [1.82, 2.24) is 9.97 Å². The normalized spacial score (nSPS) is 10.4. The first kappa shape index (κ1) is 16.9. The fourth-order valence-electron chi connectivity index (χ4n) is 3.21. The molecule has 0 fully saturated rings. The first-order valence-electron chi connectivity index (χ1n) is 9.02. The van der Waals surface area contributed by atoms with Crippen molar-refractivity contribution in [2.75, 3.05) is 0 Å². The molecule has 2 nitrogen and oxygen atoms in total. The molecule has 0 radical (unpaired) electrons. The minimum atomic E-state index is 1.06. The number of benzene rings is 3. The van der Waals surface area contributed by atoms with E-state index in [1.807, 2.05) is 54.9 Å². The summed E-state index contributed by atoms with van der Waals surface area (Å²) in [5.41, 5.74) is 4.59. The molecule has 0 aliphatic rings. The van der Waals surface area contributed by atoms with Gasteiger partial charge in [-0.2, -0.15) is 0 Å². The van der Waals surface area contributed by atoms with E-state index in [0.29, 0.717) is 0 Å². The van der Waals surface area contributed by atoms with Crippen molar-refractivity contribution in [3.63, 3.8) is 0 Å². The highest BCUT2D eigenvalue weighted by molar-refractivity contribution is 5.96. The van der Waals surface area contributed by atoms with Crippen LogP contribution in [0, 0.1) is 6.92 Å². The van der Waals surface area contributed by atoms with Crippen LogP contribution in [0.5, 0.6) is 0 Å². The molecule has 2 heteroatoms. The van der Waals surface area contributed by atoms with Crippen LogP contribution >= 0.6 is 0 Å². The third kappa shape index (κ3) is 3.70. The number of pyridine rings is 2. The summed E-state index contributed by atoms with van der Waals surface area (Å²) in [6.07, 6.45) is 3.69. The standard InChI is InChI=1S/C16H13N.C9H7N/c1-12-6-5-9-15-14(12)10-11-17-16(15)13-7-3-2-4-8-13;1-2-6-9-8(4-1)5-3-7-10-9/h2-11H,1H3;1-7H. The second-order valence-corrected chi connectivity index (χ2v) is 6.39. The van der Waals surface area contributed by atoms with E-state index in [1.165, 1.54) is 27.3 Å². The number of rotatable bonds is 1. The fraction of sp³-hybridized carbons (Fsp3) is 0.0400. The van der Waals surface area contributed by atoms with Crippen LogP contribution in [0.2, 0.25) is 0 Å². The molecule has 0 aliphatic heterocycles. The van der Waals surface area contributed by atoms with E-state index in [-0.39, 0.29) is 0 Å². The lowest BCUT2D eigenvalue weighted by atomic mass is 10.0. The number of hydrogen-bond acceptors (Lipinski definition) is 2. The van der Waals surface area contributed by atoms with Gasteiger partial charge in [0.2, 0.25) is 0 Å². The second-order valence-electron chi connectivity index (χ2n) is 6.39. The molecule has 0 atom stereocenters. The number of fused-ring (bicyclic) bond motifs is 2. The molecule has 2 heterocycles. The third-order valence-electron chi connectivity index (χ3n) is 4.58. The highest BCUT2D eigenvalue weighted by atomic mass is 14.7. The molecule has 5 aromatic rings. The summed E-state index contributed by atoms with van der Waals surface area (Å²) >= 11 is 0. The maximum absolute atomic E-state index is 4.52. The molecule has 0 aliphatic carbocycles. The number of para-hydroxylation sites is 1. The van der Waals surface area contributed by atoms with Gasteiger partial charge in [-0.3, -0.25) is 9.97 Å². The van der Waals surface area contributed by atoms with Crippen LogP contribution in [0.1, 0.15) is 5.56 Å². The molecule has 0 unspecified atom stereocenters. The maximum atomic E-state index is 4.52. The van der Waals surface area contributed by atoms with Crippen molar-refractivity contribution in [3.05, 3.63) is 109 Å². The topological polar surface area (TPSA) is 25.8 Å². The number of nitrogens with zero attached hydrogens (tertiary/aromatic N) is 2. The summed E-state index contributed by atoms with van der Waals surface area (Å²) in [5, 5.41) is 3.70. The van der Waals surface area contributed by atoms with Crippen LogP contribution in [-0.2, 0) is 0 Å². The van der Waals surface area contributed by atoms with Gasteiger partial charge >= 0.3 is 0 Å². The van der Waals surface area contributed by atoms with Crippen molar-refractivity contribution in [3.8, 4) is 11.3 Å². The van der Waals surface area contributed by atoms with E-state index in [4.69, 9.17) is 0 Å². The Hall–Kier alpha value is -3.52. The van der Waals surface area contributed by atoms with Gasteiger partial charge in [-0.1, -0.05) is 72.8 Å². The van der Waals surface area contributed by atoms with Gasteiger partial charge in [0.1, 0.15) is 0 Å². The van der Waals surface area contributed by atoms with E-state index in [9.17, 15) is 0 Å². The zero-order valence-corrected chi connectivity index (χ0v) is 15.2. The van der Waals surface area contributed by atoms with Gasteiger partial charge in [0.25, 0.3) is 0 Å². The number of aromatic nitrogens is 2. The molecule has 5 rings (SSSR count). The molecule has 27 heavy (non-hydrogen) atoms. The fourth-order valence-corrected chi connectivity index (χ4v) is 3.21. The Morgan fingerprint density at radius 3 is 2.19 bits per heavy atom. The van der Waals surface area contributed by atoms with Crippen LogP contribution in [-0.4, -0.2) is 9.97 Å². The molecular weight excluding hydrogens is 328 g/mol. The highest BCUT2D eigenvalue weighted by Crippen LogP contribution is 2.27. The first-order valence-corrected chi connectivity index (χ1v) is 9.02. The van der Waals surface area contributed by atoms with E-state index in [1.54, 1.807) is 0 Å². The number of aryl methyl sites for hydroxylation is 1. The van der Waals surface area contributed by atoms with E-state index >= 15 is 0 Å². The SMILES string of the molecule is Cc1cccc2c(-c3ccccc3)nccc12.c1ccc2ncccc2c1. The van der Waals surface area contributed by atoms with Gasteiger partial charge < -0.3 is 0 Å². The smallest absolute Gasteiger partial charge is 0.0780 e. The Balaban J connectivity index is 0.000000153. The molecule has 3 aromatic carbocycles. The summed E-state index contributed by atoms with van der Waals surface area (Å²) < 4.78 is 0. The Bertz CT molecular complexity index is 1120. The van der Waals surface area contributed by atoms with Gasteiger partial charge in [-0.05, 0) is 36.1 Å². The van der Waals surface area contributed by atoms with Crippen LogP contribution in [0.15, 0.2) is 103 Å². The van der Waals surface area contributed by atoms with Gasteiger partial charge in [0.05, 0.1) is 11.2 Å². The quantitative estimate of drug-likeness (QED) is 0.348. The molecular formula is C25H20N2. The average molecular weight is 348 g/mol. The Kier molecular flexibility index (Phi) is 4.88. The van der Waals surface area contributed by atoms with Gasteiger partial charge in [-0.15, -0.1) is 0 Å². The van der Waals surface area contributed by atoms with Gasteiger partial charge in [0.15, 0.2) is 0 Å². The maximum Gasteiger partial charge on any atom is 0.0780 e. The summed E-state index contributed by atoms with van der Waals surface area (Å²) in [5.74, 6) is 0. The third-order valence-corrected chi connectivity index (χ3v) is 4.58. The predicted octanol–water partition coefficient (Wildman–Crippen LogP) is 6.45. The Labute approximate surface area is 159 Å². The van der Waals surface area contributed by atoms with Crippen LogP contribution in [0.4, 0.5) is 0 Å². The van der Waals surface area contributed by atoms with E-state index < -0.39 is 0 Å². The van der Waals surface area contributed by atoms with Crippen molar-refractivity contribution < 1.29 is 0 Å². The second kappa shape index (κ2) is 7.79. The zero-order valence-electron chi connectivity index (χ0n) is 15.2. The van der Waals surface area contributed by atoms with Gasteiger partial charge in [0, 0.05) is 28.7 Å². The minimum absolute atomic E-state index is 1.06.